The lowest BCUT2D eigenvalue weighted by molar-refractivity contribution is -0.0514. The molecule has 35 heavy (non-hydrogen) atoms. The Kier molecular flexibility index (Phi) is 7.06. The third kappa shape index (κ3) is 4.99. The molecule has 3 unspecified atom stereocenters. The van der Waals surface area contributed by atoms with Crippen LogP contribution in [0.5, 0.6) is 0 Å². The molecule has 0 aliphatic carbocycles. The molecule has 1 aliphatic heterocycles. The fourth-order valence-electron chi connectivity index (χ4n) is 4.22. The van der Waals surface area contributed by atoms with Gasteiger partial charge in [-0.2, -0.15) is 25.4 Å². The van der Waals surface area contributed by atoms with Crippen molar-refractivity contribution in [2.75, 3.05) is 25.5 Å². The number of halogens is 1. The standard InChI is InChI=1S/C22H26FN9O3/c1-35-21(34)28-20-17(19(25)33)13-31(29-20)22(6-8-24)7-11-30(14-18(22)23)12-15-2-4-16(5-3-15)32-26-9-10-27-32/h2-5,9-10,13,18,21,34H,6-7,11-12,14H2,1H3,(H2,25,33)(H,28,29). The lowest BCUT2D eigenvalue weighted by Gasteiger charge is -2.43. The fourth-order valence-corrected chi connectivity index (χ4v) is 4.22. The van der Waals surface area contributed by atoms with E-state index in [9.17, 15) is 15.2 Å². The molecule has 0 radical (unpaired) electrons. The van der Waals surface area contributed by atoms with E-state index in [1.54, 1.807) is 12.4 Å². The molecule has 184 valence electrons. The van der Waals surface area contributed by atoms with Crippen molar-refractivity contribution < 1.29 is 19.0 Å². The molecule has 1 amide bonds. The van der Waals surface area contributed by atoms with Crippen molar-refractivity contribution in [2.45, 2.75) is 37.5 Å². The van der Waals surface area contributed by atoms with Gasteiger partial charge in [-0.1, -0.05) is 12.1 Å². The second-order valence-electron chi connectivity index (χ2n) is 8.31. The number of nitriles is 1. The minimum atomic E-state index is -1.45. The van der Waals surface area contributed by atoms with Crippen LogP contribution in [0.4, 0.5) is 10.2 Å². The van der Waals surface area contributed by atoms with Gasteiger partial charge in [-0.25, -0.2) is 4.39 Å². The van der Waals surface area contributed by atoms with Crippen molar-refractivity contribution >= 4 is 11.7 Å². The smallest absolute Gasteiger partial charge is 0.254 e. The van der Waals surface area contributed by atoms with Crippen LogP contribution in [0.25, 0.3) is 5.69 Å². The number of primary amides is 1. The third-order valence-electron chi connectivity index (χ3n) is 6.16. The van der Waals surface area contributed by atoms with Crippen molar-refractivity contribution in [3.05, 3.63) is 54.0 Å². The number of nitrogens with one attached hydrogen (secondary N) is 1. The zero-order valence-electron chi connectivity index (χ0n) is 19.1. The number of benzene rings is 1. The number of methoxy groups -OCH3 is 1. The lowest BCUT2D eigenvalue weighted by Crippen LogP contribution is -2.54. The molecule has 1 fully saturated rings. The Balaban J connectivity index is 1.51. The first-order valence-electron chi connectivity index (χ1n) is 10.9. The summed E-state index contributed by atoms with van der Waals surface area (Å²) in [6.45, 7) is 1.09. The Bertz CT molecular complexity index is 1190. The first-order valence-corrected chi connectivity index (χ1v) is 10.9. The normalized spacial score (nSPS) is 21.4. The maximum absolute atomic E-state index is 15.8. The van der Waals surface area contributed by atoms with Gasteiger partial charge in [-0.05, 0) is 24.1 Å². The van der Waals surface area contributed by atoms with E-state index in [0.29, 0.717) is 13.1 Å². The van der Waals surface area contributed by atoms with Crippen molar-refractivity contribution in [3.8, 4) is 11.8 Å². The average Bonchev–Trinajstić information content (AvgIpc) is 3.52. The van der Waals surface area contributed by atoms with Gasteiger partial charge in [-0.15, -0.1) is 0 Å². The molecule has 13 heteroatoms. The average molecular weight is 484 g/mol. The second kappa shape index (κ2) is 10.2. The number of amides is 1. The first kappa shape index (κ1) is 24.3. The van der Waals surface area contributed by atoms with Gasteiger partial charge in [0.1, 0.15) is 17.3 Å². The van der Waals surface area contributed by atoms with Gasteiger partial charge in [0.2, 0.25) is 6.41 Å². The molecule has 1 saturated heterocycles. The summed E-state index contributed by atoms with van der Waals surface area (Å²) in [4.78, 5) is 15.4. The van der Waals surface area contributed by atoms with Crippen LogP contribution in [-0.2, 0) is 16.8 Å². The van der Waals surface area contributed by atoms with Crippen LogP contribution in [0.1, 0.15) is 28.8 Å². The van der Waals surface area contributed by atoms with Crippen molar-refractivity contribution in [1.82, 2.24) is 29.7 Å². The highest BCUT2D eigenvalue weighted by Crippen LogP contribution is 2.37. The van der Waals surface area contributed by atoms with E-state index in [0.717, 1.165) is 11.3 Å². The van der Waals surface area contributed by atoms with Gasteiger partial charge in [-0.3, -0.25) is 14.4 Å². The van der Waals surface area contributed by atoms with Crippen LogP contribution < -0.4 is 11.1 Å². The minimum absolute atomic E-state index is 0.0418. The molecule has 1 aromatic carbocycles. The van der Waals surface area contributed by atoms with E-state index in [4.69, 9.17) is 10.5 Å². The van der Waals surface area contributed by atoms with E-state index in [1.165, 1.54) is 22.8 Å². The quantitative estimate of drug-likeness (QED) is 0.373. The molecule has 1 aliphatic rings. The number of aromatic nitrogens is 5. The largest absolute Gasteiger partial charge is 0.365 e. The molecular weight excluding hydrogens is 457 g/mol. The number of carbonyl (C=O) groups is 1. The molecule has 12 nitrogen and oxygen atoms in total. The van der Waals surface area contributed by atoms with Crippen molar-refractivity contribution in [3.63, 3.8) is 0 Å². The van der Waals surface area contributed by atoms with Gasteiger partial charge in [0.05, 0.1) is 30.6 Å². The topological polar surface area (TPSA) is 160 Å². The predicted molar refractivity (Wildman–Crippen MR) is 122 cm³/mol. The second-order valence-corrected chi connectivity index (χ2v) is 8.31. The predicted octanol–water partition coefficient (Wildman–Crippen LogP) is 0.750. The molecule has 0 saturated carbocycles. The molecule has 4 N–H and O–H groups in total. The number of alkyl halides is 1. The Hall–Kier alpha value is -3.86. The number of anilines is 1. The fraction of sp³-hybridized carbons (Fsp3) is 0.409. The number of likely N-dealkylation sites (tertiary alicyclic amines) is 1. The summed E-state index contributed by atoms with van der Waals surface area (Å²) in [5.41, 5.74) is 5.93. The van der Waals surface area contributed by atoms with Crippen LogP contribution in [0.3, 0.4) is 0 Å². The summed E-state index contributed by atoms with van der Waals surface area (Å²) in [5.74, 6) is -0.860. The SMILES string of the molecule is COC(O)Nc1nn(C2(CC#N)CCN(Cc3ccc(-n4nccn4)cc3)CC2F)cc1C(N)=O. The van der Waals surface area contributed by atoms with Crippen LogP contribution in [-0.4, -0.2) is 73.5 Å². The molecule has 0 spiro atoms. The van der Waals surface area contributed by atoms with Gasteiger partial charge in [0.25, 0.3) is 5.91 Å². The van der Waals surface area contributed by atoms with Crippen LogP contribution in [0, 0.1) is 11.3 Å². The Morgan fingerprint density at radius 2 is 2.11 bits per heavy atom. The Morgan fingerprint density at radius 3 is 2.71 bits per heavy atom. The number of aliphatic hydroxyl groups is 1. The maximum atomic E-state index is 15.8. The van der Waals surface area contributed by atoms with E-state index in [1.807, 2.05) is 29.2 Å². The zero-order valence-corrected chi connectivity index (χ0v) is 19.1. The molecule has 3 heterocycles. The Labute approximate surface area is 200 Å². The maximum Gasteiger partial charge on any atom is 0.254 e. The number of ether oxygens (including phenoxy) is 1. The molecular formula is C22H26FN9O3. The number of hydrogen-bond acceptors (Lipinski definition) is 9. The minimum Gasteiger partial charge on any atom is -0.365 e. The van der Waals surface area contributed by atoms with Crippen LogP contribution in [0.2, 0.25) is 0 Å². The van der Waals surface area contributed by atoms with E-state index >= 15 is 4.39 Å². The van der Waals surface area contributed by atoms with E-state index in [2.05, 4.69) is 26.7 Å². The number of carbonyl (C=O) groups excluding carboxylic acids is 1. The van der Waals surface area contributed by atoms with Gasteiger partial charge >= 0.3 is 0 Å². The monoisotopic (exact) mass is 483 g/mol. The van der Waals surface area contributed by atoms with Gasteiger partial charge in [0, 0.05) is 32.9 Å². The van der Waals surface area contributed by atoms with Crippen LogP contribution >= 0.6 is 0 Å². The first-order chi connectivity index (χ1) is 16.9. The molecule has 0 bridgehead atoms. The number of hydrogen-bond donors (Lipinski definition) is 3. The number of piperidine rings is 1. The summed E-state index contributed by atoms with van der Waals surface area (Å²) in [6, 6.07) is 9.72. The summed E-state index contributed by atoms with van der Waals surface area (Å²) in [7, 11) is 1.25. The van der Waals surface area contributed by atoms with Crippen molar-refractivity contribution in [1.29, 1.82) is 5.26 Å². The molecule has 4 rings (SSSR count). The highest BCUT2D eigenvalue weighted by atomic mass is 19.1. The van der Waals surface area contributed by atoms with Gasteiger partial charge < -0.3 is 20.9 Å². The highest BCUT2D eigenvalue weighted by molar-refractivity contribution is 5.97. The number of nitrogens with two attached hydrogens (primary N) is 1. The molecule has 3 aromatic rings. The van der Waals surface area contributed by atoms with Crippen LogP contribution in [0.15, 0.2) is 42.9 Å². The molecule has 2 aromatic heterocycles. The number of nitrogens with zero attached hydrogens (tertiary/aromatic N) is 7. The Morgan fingerprint density at radius 1 is 1.40 bits per heavy atom. The van der Waals surface area contributed by atoms with Gasteiger partial charge in [0.15, 0.2) is 5.82 Å². The number of aliphatic hydroxyl groups excluding tert-OH is 1. The summed E-state index contributed by atoms with van der Waals surface area (Å²) in [5, 5.41) is 34.2. The summed E-state index contributed by atoms with van der Waals surface area (Å²) < 4.78 is 21.8. The van der Waals surface area contributed by atoms with E-state index in [-0.39, 0.29) is 30.8 Å². The molecule has 3 atom stereocenters. The summed E-state index contributed by atoms with van der Waals surface area (Å²) >= 11 is 0. The van der Waals surface area contributed by atoms with E-state index < -0.39 is 24.0 Å². The number of rotatable bonds is 9. The lowest BCUT2D eigenvalue weighted by atomic mass is 9.83. The highest BCUT2D eigenvalue weighted by Gasteiger charge is 2.46. The third-order valence-corrected chi connectivity index (χ3v) is 6.16. The zero-order chi connectivity index (χ0) is 25.0. The van der Waals surface area contributed by atoms with Crippen molar-refractivity contribution in [2.24, 2.45) is 5.73 Å². The summed E-state index contributed by atoms with van der Waals surface area (Å²) in [6.07, 6.45) is 1.74.